The highest BCUT2D eigenvalue weighted by Gasteiger charge is 2.31. The standard InChI is InChI=1S/C15H21N5S/c16-11-1-5-19(6-2-11)12-3-7-20(9-12)15-14-13(4-8-21-14)17-10-18-15/h4,8,10-12H,1-3,5-7,9,16H2. The minimum Gasteiger partial charge on any atom is -0.354 e. The van der Waals surface area contributed by atoms with Crippen LogP contribution in [0, 0.1) is 0 Å². The fourth-order valence-electron chi connectivity index (χ4n) is 3.52. The third kappa shape index (κ3) is 2.52. The van der Waals surface area contributed by atoms with Crippen LogP contribution in [0.4, 0.5) is 5.82 Å². The molecule has 0 aromatic carbocycles. The number of thiophene rings is 1. The molecule has 6 heteroatoms. The molecule has 2 saturated heterocycles. The summed E-state index contributed by atoms with van der Waals surface area (Å²) < 4.78 is 1.22. The minimum absolute atomic E-state index is 0.409. The molecule has 2 aromatic heterocycles. The molecule has 1 atom stereocenters. The lowest BCUT2D eigenvalue weighted by Gasteiger charge is -2.34. The van der Waals surface area contributed by atoms with Crippen LogP contribution < -0.4 is 10.6 Å². The van der Waals surface area contributed by atoms with Crippen LogP contribution in [0.2, 0.25) is 0 Å². The smallest absolute Gasteiger partial charge is 0.150 e. The largest absolute Gasteiger partial charge is 0.354 e. The van der Waals surface area contributed by atoms with E-state index in [1.54, 1.807) is 17.7 Å². The van der Waals surface area contributed by atoms with Gasteiger partial charge in [0.2, 0.25) is 0 Å². The normalized spacial score (nSPS) is 25.0. The van der Waals surface area contributed by atoms with Crippen molar-refractivity contribution in [3.05, 3.63) is 17.8 Å². The molecular weight excluding hydrogens is 282 g/mol. The summed E-state index contributed by atoms with van der Waals surface area (Å²) in [4.78, 5) is 13.9. The van der Waals surface area contributed by atoms with E-state index in [1.165, 1.54) is 11.1 Å². The highest BCUT2D eigenvalue weighted by molar-refractivity contribution is 7.17. The van der Waals surface area contributed by atoms with Gasteiger partial charge < -0.3 is 10.6 Å². The second-order valence-corrected chi connectivity index (χ2v) is 7.01. The van der Waals surface area contributed by atoms with Gasteiger partial charge in [-0.15, -0.1) is 11.3 Å². The topological polar surface area (TPSA) is 58.3 Å². The number of fused-ring (bicyclic) bond motifs is 1. The number of rotatable bonds is 2. The summed E-state index contributed by atoms with van der Waals surface area (Å²) in [5.41, 5.74) is 7.08. The van der Waals surface area contributed by atoms with Crippen molar-refractivity contribution in [1.82, 2.24) is 14.9 Å². The van der Waals surface area contributed by atoms with E-state index < -0.39 is 0 Å². The van der Waals surface area contributed by atoms with Crippen LogP contribution in [-0.2, 0) is 0 Å². The van der Waals surface area contributed by atoms with E-state index in [0.29, 0.717) is 12.1 Å². The van der Waals surface area contributed by atoms with E-state index in [2.05, 4.69) is 31.2 Å². The molecule has 0 spiro atoms. The van der Waals surface area contributed by atoms with E-state index in [9.17, 15) is 0 Å². The summed E-state index contributed by atoms with van der Waals surface area (Å²) in [6.45, 7) is 4.48. The van der Waals surface area contributed by atoms with Crippen LogP contribution in [0.3, 0.4) is 0 Å². The monoisotopic (exact) mass is 303 g/mol. The van der Waals surface area contributed by atoms with Crippen molar-refractivity contribution >= 4 is 27.4 Å². The Kier molecular flexibility index (Phi) is 3.52. The summed E-state index contributed by atoms with van der Waals surface area (Å²) in [5, 5.41) is 2.10. The SMILES string of the molecule is NC1CCN(C2CCN(c3ncnc4ccsc34)C2)CC1. The average molecular weight is 303 g/mol. The summed E-state index contributed by atoms with van der Waals surface area (Å²) in [5.74, 6) is 1.12. The molecule has 1 unspecified atom stereocenters. The zero-order valence-electron chi connectivity index (χ0n) is 12.1. The second kappa shape index (κ2) is 5.51. The molecule has 0 radical (unpaired) electrons. The van der Waals surface area contributed by atoms with Gasteiger partial charge in [-0.1, -0.05) is 0 Å². The first kappa shape index (κ1) is 13.4. The number of nitrogens with two attached hydrogens (primary N) is 1. The van der Waals surface area contributed by atoms with E-state index in [0.717, 1.165) is 50.4 Å². The first-order valence-corrected chi connectivity index (χ1v) is 8.62. The van der Waals surface area contributed by atoms with Gasteiger partial charge in [-0.25, -0.2) is 9.97 Å². The van der Waals surface area contributed by atoms with Crippen LogP contribution in [0.15, 0.2) is 17.8 Å². The first-order chi connectivity index (χ1) is 10.3. The van der Waals surface area contributed by atoms with Gasteiger partial charge in [-0.2, -0.15) is 0 Å². The molecule has 2 aromatic rings. The molecule has 0 bridgehead atoms. The van der Waals surface area contributed by atoms with Gasteiger partial charge in [0.25, 0.3) is 0 Å². The molecular formula is C15H21N5S. The number of likely N-dealkylation sites (tertiary alicyclic amines) is 1. The lowest BCUT2D eigenvalue weighted by atomic mass is 10.0. The van der Waals surface area contributed by atoms with Gasteiger partial charge in [-0.05, 0) is 43.8 Å². The van der Waals surface area contributed by atoms with Gasteiger partial charge in [0.15, 0.2) is 0 Å². The molecule has 0 amide bonds. The second-order valence-electron chi connectivity index (χ2n) is 6.09. The molecule has 0 saturated carbocycles. The predicted molar refractivity (Wildman–Crippen MR) is 86.8 cm³/mol. The number of piperidine rings is 1. The number of hydrogen-bond acceptors (Lipinski definition) is 6. The number of anilines is 1. The number of nitrogens with zero attached hydrogens (tertiary/aromatic N) is 4. The van der Waals surface area contributed by atoms with Crippen molar-refractivity contribution in [2.45, 2.75) is 31.3 Å². The van der Waals surface area contributed by atoms with Crippen LogP contribution in [-0.4, -0.2) is 53.1 Å². The van der Waals surface area contributed by atoms with Crippen molar-refractivity contribution in [2.75, 3.05) is 31.1 Å². The third-order valence-electron chi connectivity index (χ3n) is 4.78. The molecule has 2 aliphatic rings. The zero-order chi connectivity index (χ0) is 14.2. The van der Waals surface area contributed by atoms with Crippen molar-refractivity contribution in [3.63, 3.8) is 0 Å². The average Bonchev–Trinajstić information content (AvgIpc) is 3.16. The Hall–Kier alpha value is -1.24. The van der Waals surface area contributed by atoms with Crippen LogP contribution in [0.1, 0.15) is 19.3 Å². The molecule has 5 nitrogen and oxygen atoms in total. The number of hydrogen-bond donors (Lipinski definition) is 1. The van der Waals surface area contributed by atoms with Crippen molar-refractivity contribution in [1.29, 1.82) is 0 Å². The maximum Gasteiger partial charge on any atom is 0.150 e. The third-order valence-corrected chi connectivity index (χ3v) is 5.68. The predicted octanol–water partition coefficient (Wildman–Crippen LogP) is 1.69. The fourth-order valence-corrected chi connectivity index (χ4v) is 4.38. The Labute approximate surface area is 128 Å². The van der Waals surface area contributed by atoms with Crippen LogP contribution >= 0.6 is 11.3 Å². The molecule has 112 valence electrons. The highest BCUT2D eigenvalue weighted by atomic mass is 32.1. The van der Waals surface area contributed by atoms with E-state index >= 15 is 0 Å². The quantitative estimate of drug-likeness (QED) is 0.915. The molecule has 4 rings (SSSR count). The lowest BCUT2D eigenvalue weighted by Crippen LogP contribution is -2.46. The molecule has 0 aliphatic carbocycles. The van der Waals surface area contributed by atoms with E-state index in [-0.39, 0.29) is 0 Å². The summed E-state index contributed by atoms with van der Waals surface area (Å²) >= 11 is 1.74. The van der Waals surface area contributed by atoms with Crippen molar-refractivity contribution in [2.24, 2.45) is 5.73 Å². The maximum atomic E-state index is 6.01. The Morgan fingerprint density at radius 2 is 2.00 bits per heavy atom. The van der Waals surface area contributed by atoms with Crippen molar-refractivity contribution < 1.29 is 0 Å². The highest BCUT2D eigenvalue weighted by Crippen LogP contribution is 2.31. The summed E-state index contributed by atoms with van der Waals surface area (Å²) in [6, 6.07) is 3.14. The number of aromatic nitrogens is 2. The van der Waals surface area contributed by atoms with E-state index in [1.807, 2.05) is 0 Å². The van der Waals surface area contributed by atoms with Gasteiger partial charge in [-0.3, -0.25) is 4.90 Å². The van der Waals surface area contributed by atoms with Crippen molar-refractivity contribution in [3.8, 4) is 0 Å². The Balaban J connectivity index is 1.50. The minimum atomic E-state index is 0.409. The Morgan fingerprint density at radius 1 is 1.14 bits per heavy atom. The zero-order valence-corrected chi connectivity index (χ0v) is 12.9. The van der Waals surface area contributed by atoms with Gasteiger partial charge in [0, 0.05) is 25.2 Å². The lowest BCUT2D eigenvalue weighted by molar-refractivity contribution is 0.163. The summed E-state index contributed by atoms with van der Waals surface area (Å²) in [7, 11) is 0. The first-order valence-electron chi connectivity index (χ1n) is 7.74. The van der Waals surface area contributed by atoms with Gasteiger partial charge in [0.05, 0.1) is 10.2 Å². The van der Waals surface area contributed by atoms with E-state index in [4.69, 9.17) is 5.73 Å². The molecule has 4 heterocycles. The van der Waals surface area contributed by atoms with Crippen LogP contribution in [0.25, 0.3) is 10.2 Å². The van der Waals surface area contributed by atoms with Gasteiger partial charge in [0.1, 0.15) is 12.1 Å². The summed E-state index contributed by atoms with van der Waals surface area (Å²) in [6.07, 6.45) is 5.20. The molecule has 2 aliphatic heterocycles. The maximum absolute atomic E-state index is 6.01. The molecule has 2 fully saturated rings. The Morgan fingerprint density at radius 3 is 2.86 bits per heavy atom. The van der Waals surface area contributed by atoms with Crippen LogP contribution in [0.5, 0.6) is 0 Å². The van der Waals surface area contributed by atoms with Gasteiger partial charge >= 0.3 is 0 Å². The molecule has 2 N–H and O–H groups in total. The Bertz CT molecular complexity index is 619. The molecule has 21 heavy (non-hydrogen) atoms. The fraction of sp³-hybridized carbons (Fsp3) is 0.600.